The molecule has 0 fully saturated rings. The summed E-state index contributed by atoms with van der Waals surface area (Å²) in [5, 5.41) is 7.01. The van der Waals surface area contributed by atoms with Crippen LogP contribution in [0.3, 0.4) is 0 Å². The number of nitrogens with zero attached hydrogens (tertiary/aromatic N) is 3. The van der Waals surface area contributed by atoms with Crippen molar-refractivity contribution in [3.05, 3.63) is 73.8 Å². The summed E-state index contributed by atoms with van der Waals surface area (Å²) in [6.07, 6.45) is 10.5. The van der Waals surface area contributed by atoms with Crippen LogP contribution in [0.15, 0.2) is 29.1 Å². The summed E-state index contributed by atoms with van der Waals surface area (Å²) >= 11 is 0. The predicted octanol–water partition coefficient (Wildman–Crippen LogP) is 9.01. The van der Waals surface area contributed by atoms with E-state index in [9.17, 15) is 24.0 Å². The summed E-state index contributed by atoms with van der Waals surface area (Å²) in [7, 11) is 1.72. The first-order chi connectivity index (χ1) is 30.8. The van der Waals surface area contributed by atoms with Gasteiger partial charge in [-0.1, -0.05) is 26.3 Å². The minimum Gasteiger partial charge on any atom is -0.463 e. The van der Waals surface area contributed by atoms with Gasteiger partial charge in [-0.25, -0.2) is 14.2 Å². The van der Waals surface area contributed by atoms with E-state index in [-0.39, 0.29) is 59.3 Å². The number of ether oxygens (including phenoxy) is 3. The summed E-state index contributed by atoms with van der Waals surface area (Å²) in [6, 6.07) is 2.94. The van der Waals surface area contributed by atoms with Crippen LogP contribution < -0.4 is 16.2 Å². The van der Waals surface area contributed by atoms with Crippen molar-refractivity contribution >= 4 is 35.3 Å². The van der Waals surface area contributed by atoms with Crippen molar-refractivity contribution in [1.29, 1.82) is 0 Å². The second-order valence-corrected chi connectivity index (χ2v) is 19.9. The molecular weight excluding hydrogens is 830 g/mol. The summed E-state index contributed by atoms with van der Waals surface area (Å²) in [5.41, 5.74) is 5.04. The van der Waals surface area contributed by atoms with Crippen LogP contribution in [0, 0.1) is 18.7 Å². The lowest BCUT2D eigenvalue weighted by Gasteiger charge is -2.35. The summed E-state index contributed by atoms with van der Waals surface area (Å²) in [6.45, 7) is 17.4. The van der Waals surface area contributed by atoms with E-state index in [0.29, 0.717) is 92.6 Å². The Morgan fingerprint density at radius 3 is 2.55 bits per heavy atom. The number of pyridine rings is 2. The Morgan fingerprint density at radius 1 is 1.06 bits per heavy atom. The van der Waals surface area contributed by atoms with Crippen LogP contribution in [0.4, 0.5) is 9.18 Å². The van der Waals surface area contributed by atoms with E-state index in [2.05, 4.69) is 10.6 Å². The monoisotopic (exact) mass is 900 g/mol. The van der Waals surface area contributed by atoms with Gasteiger partial charge in [0.1, 0.15) is 18.5 Å². The van der Waals surface area contributed by atoms with Gasteiger partial charge in [0, 0.05) is 55.1 Å². The Balaban J connectivity index is 1.08. The molecule has 2 aromatic heterocycles. The molecule has 3 aliphatic rings. The molecule has 0 saturated heterocycles. The van der Waals surface area contributed by atoms with Crippen LogP contribution in [0.25, 0.3) is 22.3 Å². The molecule has 3 aromatic rings. The number of nitrogens with one attached hydrogen (secondary N) is 2. The molecule has 0 spiro atoms. The largest absolute Gasteiger partial charge is 0.463 e. The van der Waals surface area contributed by atoms with E-state index in [1.165, 1.54) is 6.07 Å². The average molecular weight is 900 g/mol. The number of carbonyl (C=O) groups excluding carboxylic acids is 4. The summed E-state index contributed by atoms with van der Waals surface area (Å²) in [5.74, 6) is -0.572. The van der Waals surface area contributed by atoms with E-state index < -0.39 is 18.2 Å². The number of hydrogen-bond acceptors (Lipinski definition) is 9. The van der Waals surface area contributed by atoms with Crippen LogP contribution >= 0.6 is 0 Å². The van der Waals surface area contributed by atoms with Crippen LogP contribution in [0.5, 0.6) is 0 Å². The van der Waals surface area contributed by atoms with Gasteiger partial charge in [0.2, 0.25) is 11.8 Å². The molecule has 0 bridgehead atoms. The second-order valence-electron chi connectivity index (χ2n) is 19.9. The predicted molar refractivity (Wildman–Crippen MR) is 249 cm³/mol. The molecule has 0 saturated carbocycles. The average Bonchev–Trinajstić information content (AvgIpc) is 3.61. The number of aryl methyl sites for hydroxylation is 1. The van der Waals surface area contributed by atoms with Gasteiger partial charge >= 0.3 is 6.09 Å². The number of allylic oxidation sites excluding steroid dienone is 1. The first-order valence-corrected chi connectivity index (χ1v) is 23.6. The Labute approximate surface area is 383 Å². The zero-order chi connectivity index (χ0) is 47.2. The van der Waals surface area contributed by atoms with Gasteiger partial charge in [-0.3, -0.25) is 19.2 Å². The fraction of sp³-hybridized carbons (Fsp3) is 0.608. The van der Waals surface area contributed by atoms with E-state index in [1.54, 1.807) is 23.4 Å². The highest BCUT2D eigenvalue weighted by atomic mass is 19.1. The molecule has 3 amide bonds. The number of carbonyl (C=O) groups is 4. The van der Waals surface area contributed by atoms with Crippen molar-refractivity contribution in [3.8, 4) is 11.4 Å². The molecule has 4 unspecified atom stereocenters. The maximum atomic E-state index is 15.5. The van der Waals surface area contributed by atoms with Crippen molar-refractivity contribution in [2.75, 3.05) is 20.2 Å². The number of hydrogen-bond donors (Lipinski definition) is 2. The highest BCUT2D eigenvalue weighted by molar-refractivity contribution is 5.93. The number of fused-ring (bicyclic) bond motifs is 4. The molecule has 3 heterocycles. The van der Waals surface area contributed by atoms with E-state index in [4.69, 9.17) is 19.2 Å². The quantitative estimate of drug-likeness (QED) is 0.0565. The van der Waals surface area contributed by atoms with Crippen molar-refractivity contribution in [1.82, 2.24) is 25.1 Å². The third-order valence-corrected chi connectivity index (χ3v) is 13.5. The van der Waals surface area contributed by atoms with Crippen LogP contribution in [-0.4, -0.2) is 76.3 Å². The summed E-state index contributed by atoms with van der Waals surface area (Å²) in [4.78, 5) is 72.1. The third-order valence-electron chi connectivity index (χ3n) is 13.5. The standard InChI is InChI=1S/C51H70FN5O8/c1-10-31(2)36-26-42-46-37(28-57(42)48(61)38(36)29-63-30-58)45-41(22-21-35-32(3)39(52)27-40(54-46)44(35)45)56(9)49(62)65-34-17-14-13-16-33(19-20-34)47(60)53-24-15-11-12-18-43(59)55-51(7,8)23-25-64-50(4,5)6/h14,17,26-27,30-31,33-34,41H,10-13,15-16,18-25,28-29H2,1-9H3,(H,53,60)(H,55,59)/b17-14+. The first-order valence-electron chi connectivity index (χ1n) is 23.6. The Kier molecular flexibility index (Phi) is 16.0. The smallest absolute Gasteiger partial charge is 0.410 e. The number of benzene rings is 1. The molecule has 13 nitrogen and oxygen atoms in total. The molecule has 354 valence electrons. The second kappa shape index (κ2) is 21.0. The zero-order valence-corrected chi connectivity index (χ0v) is 40.0. The zero-order valence-electron chi connectivity index (χ0n) is 40.0. The van der Waals surface area contributed by atoms with Gasteiger partial charge in [0.15, 0.2) is 0 Å². The molecule has 4 atom stereocenters. The first kappa shape index (κ1) is 49.3. The molecule has 2 aliphatic carbocycles. The van der Waals surface area contributed by atoms with Gasteiger partial charge in [0.05, 0.1) is 40.7 Å². The third kappa shape index (κ3) is 11.7. The number of rotatable bonds is 18. The maximum Gasteiger partial charge on any atom is 0.410 e. The van der Waals surface area contributed by atoms with Crippen molar-refractivity contribution in [3.63, 3.8) is 0 Å². The van der Waals surface area contributed by atoms with Crippen molar-refractivity contribution in [2.45, 2.75) is 175 Å². The lowest BCUT2D eigenvalue weighted by atomic mass is 9.81. The van der Waals surface area contributed by atoms with Gasteiger partial charge in [-0.05, 0) is 146 Å². The molecule has 0 radical (unpaired) electrons. The van der Waals surface area contributed by atoms with Crippen molar-refractivity contribution in [2.24, 2.45) is 5.92 Å². The molecule has 1 aliphatic heterocycles. The Hall–Kier alpha value is -5.11. The minimum atomic E-state index is -0.535. The molecular formula is C51H70FN5O8. The number of unbranched alkanes of at least 4 members (excludes halogenated alkanes) is 2. The van der Waals surface area contributed by atoms with E-state index in [0.717, 1.165) is 59.7 Å². The fourth-order valence-electron chi connectivity index (χ4n) is 9.56. The summed E-state index contributed by atoms with van der Waals surface area (Å²) < 4.78 is 34.2. The van der Waals surface area contributed by atoms with E-state index >= 15 is 4.39 Å². The highest BCUT2D eigenvalue weighted by Crippen LogP contribution is 2.47. The Bertz CT molecular complexity index is 2350. The number of aromatic nitrogens is 2. The lowest BCUT2D eigenvalue weighted by molar-refractivity contribution is -0.130. The SMILES string of the molecule is CCC(C)c1cc2n(c(=O)c1COC=O)Cc1c-2nc2cc(F)c(C)c3c2c1C(N(C)C(=O)OC1/C=C/CCC(C(=O)NCCCCCC(=O)NC(C)(C)CCOC(C)(C)C)CC1)CC3. The fourth-order valence-corrected chi connectivity index (χ4v) is 9.56. The Morgan fingerprint density at radius 2 is 1.83 bits per heavy atom. The van der Waals surface area contributed by atoms with Gasteiger partial charge in [0.25, 0.3) is 12.0 Å². The maximum absolute atomic E-state index is 15.5. The van der Waals surface area contributed by atoms with Gasteiger partial charge in [-0.2, -0.15) is 0 Å². The van der Waals surface area contributed by atoms with Crippen LogP contribution in [0.1, 0.15) is 164 Å². The topological polar surface area (TPSA) is 158 Å². The molecule has 2 N–H and O–H groups in total. The molecule has 65 heavy (non-hydrogen) atoms. The molecule has 1 aromatic carbocycles. The molecule has 14 heteroatoms. The highest BCUT2D eigenvalue weighted by Gasteiger charge is 2.38. The van der Waals surface area contributed by atoms with Crippen molar-refractivity contribution < 1.29 is 37.8 Å². The normalized spacial score (nSPS) is 19.0. The van der Waals surface area contributed by atoms with Crippen LogP contribution in [0.2, 0.25) is 0 Å². The lowest BCUT2D eigenvalue weighted by Crippen LogP contribution is -2.44. The van der Waals surface area contributed by atoms with Crippen LogP contribution in [-0.2, 0) is 48.2 Å². The molecule has 6 rings (SSSR count). The van der Waals surface area contributed by atoms with E-state index in [1.807, 2.05) is 66.7 Å². The number of amides is 3. The van der Waals surface area contributed by atoms with Gasteiger partial charge in [-0.15, -0.1) is 0 Å². The van der Waals surface area contributed by atoms with Gasteiger partial charge < -0.3 is 34.3 Å². The minimum absolute atomic E-state index is 0.000280. The number of halogens is 1.